The van der Waals surface area contributed by atoms with E-state index in [2.05, 4.69) is 28.9 Å². The Morgan fingerprint density at radius 1 is 1.27 bits per heavy atom. The number of ether oxygens (including phenoxy) is 1. The molecular formula is C27H31FN2O3. The largest absolute Gasteiger partial charge is 0.496 e. The van der Waals surface area contributed by atoms with Gasteiger partial charge in [-0.2, -0.15) is 0 Å². The number of H-pyrrole nitrogens is 1. The maximum atomic E-state index is 14.5. The number of rotatable bonds is 5. The van der Waals surface area contributed by atoms with E-state index in [1.54, 1.807) is 26.2 Å². The molecule has 0 amide bonds. The normalized spacial score (nSPS) is 27.6. The number of nitrogens with zero attached hydrogens (tertiary/aromatic N) is 1. The minimum atomic E-state index is -1.07. The van der Waals surface area contributed by atoms with Gasteiger partial charge in [0, 0.05) is 35.2 Å². The number of carboxylic acid groups (broad SMARTS) is 1. The molecule has 1 saturated heterocycles. The van der Waals surface area contributed by atoms with Crippen LogP contribution in [0, 0.1) is 12.3 Å². The van der Waals surface area contributed by atoms with Crippen LogP contribution in [0.25, 0.3) is 10.9 Å². The lowest BCUT2D eigenvalue weighted by atomic mass is 9.55. The van der Waals surface area contributed by atoms with Gasteiger partial charge in [0.25, 0.3) is 0 Å². The fourth-order valence-electron chi connectivity index (χ4n) is 6.36. The maximum Gasteiger partial charge on any atom is 0.335 e. The highest BCUT2D eigenvalue weighted by molar-refractivity contribution is 5.88. The average Bonchev–Trinajstić information content (AvgIpc) is 3.26. The average molecular weight is 451 g/mol. The van der Waals surface area contributed by atoms with Crippen molar-refractivity contribution < 1.29 is 19.0 Å². The second kappa shape index (κ2) is 7.87. The first-order valence-corrected chi connectivity index (χ1v) is 11.6. The molecule has 0 unspecified atom stereocenters. The van der Waals surface area contributed by atoms with Gasteiger partial charge in [-0.15, -0.1) is 0 Å². The third-order valence-electron chi connectivity index (χ3n) is 7.72. The lowest BCUT2D eigenvalue weighted by Gasteiger charge is -2.56. The molecule has 2 aromatic carbocycles. The molecule has 1 aliphatic carbocycles. The smallest absolute Gasteiger partial charge is 0.335 e. The number of carbonyl (C=O) groups is 1. The fraction of sp³-hybridized carbons (Fsp3) is 0.444. The van der Waals surface area contributed by atoms with Gasteiger partial charge in [0.05, 0.1) is 12.7 Å². The Hall–Kier alpha value is -2.86. The predicted octanol–water partition coefficient (Wildman–Crippen LogP) is 6.03. The zero-order valence-electron chi connectivity index (χ0n) is 19.5. The third kappa shape index (κ3) is 3.90. The fourth-order valence-corrected chi connectivity index (χ4v) is 6.36. The molecule has 1 aromatic heterocycles. The molecule has 1 atom stereocenters. The van der Waals surface area contributed by atoms with E-state index in [9.17, 15) is 14.3 Å². The number of aromatic amines is 1. The number of piperidine rings is 1. The van der Waals surface area contributed by atoms with E-state index in [0.717, 1.165) is 52.7 Å². The zero-order chi connectivity index (χ0) is 23.4. The highest BCUT2D eigenvalue weighted by Crippen LogP contribution is 2.60. The van der Waals surface area contributed by atoms with Gasteiger partial charge in [0.1, 0.15) is 11.4 Å². The number of halogens is 1. The van der Waals surface area contributed by atoms with E-state index in [-0.39, 0.29) is 17.0 Å². The summed E-state index contributed by atoms with van der Waals surface area (Å²) in [5.74, 6) is -0.0511. The van der Waals surface area contributed by atoms with Crippen molar-refractivity contribution in [2.45, 2.75) is 57.8 Å². The highest BCUT2D eigenvalue weighted by Gasteiger charge is 2.55. The topological polar surface area (TPSA) is 65.6 Å². The van der Waals surface area contributed by atoms with E-state index in [1.165, 1.54) is 0 Å². The molecule has 2 aliphatic rings. The van der Waals surface area contributed by atoms with Crippen molar-refractivity contribution in [2.75, 3.05) is 13.7 Å². The Balaban J connectivity index is 1.50. The lowest BCUT2D eigenvalue weighted by Crippen LogP contribution is -2.53. The van der Waals surface area contributed by atoms with Crippen LogP contribution in [0.4, 0.5) is 4.39 Å². The number of methoxy groups -OCH3 is 1. The molecule has 0 bridgehead atoms. The molecular weight excluding hydrogens is 419 g/mol. The van der Waals surface area contributed by atoms with Gasteiger partial charge >= 0.3 is 5.97 Å². The number of carboxylic acids is 1. The van der Waals surface area contributed by atoms with Crippen LogP contribution in [-0.2, 0) is 6.54 Å². The summed E-state index contributed by atoms with van der Waals surface area (Å²) in [7, 11) is 1.71. The number of aryl methyl sites for hydroxylation is 1. The van der Waals surface area contributed by atoms with E-state index >= 15 is 0 Å². The van der Waals surface area contributed by atoms with Crippen molar-refractivity contribution in [1.29, 1.82) is 0 Å². The van der Waals surface area contributed by atoms with Crippen LogP contribution in [0.5, 0.6) is 5.75 Å². The summed E-state index contributed by atoms with van der Waals surface area (Å²) in [5, 5.41) is 10.5. The van der Waals surface area contributed by atoms with Crippen LogP contribution in [-0.4, -0.2) is 40.3 Å². The molecule has 5 rings (SSSR count). The number of benzene rings is 2. The van der Waals surface area contributed by atoms with Crippen LogP contribution in [0.2, 0.25) is 0 Å². The molecule has 1 aliphatic heterocycles. The second-order valence-electron chi connectivity index (χ2n) is 10.3. The van der Waals surface area contributed by atoms with E-state index in [1.807, 2.05) is 18.3 Å². The van der Waals surface area contributed by atoms with Crippen molar-refractivity contribution in [3.63, 3.8) is 0 Å². The number of nitrogens with one attached hydrogen (secondary N) is 1. The molecule has 3 aromatic rings. The summed E-state index contributed by atoms with van der Waals surface area (Å²) in [6, 6.07) is 11.5. The van der Waals surface area contributed by atoms with Gasteiger partial charge < -0.3 is 14.8 Å². The molecule has 5 nitrogen and oxygen atoms in total. The number of fused-ring (bicyclic) bond motifs is 1. The lowest BCUT2D eigenvalue weighted by molar-refractivity contribution is -0.106. The minimum absolute atomic E-state index is 0.0247. The van der Waals surface area contributed by atoms with Crippen molar-refractivity contribution in [3.8, 4) is 5.75 Å². The third-order valence-corrected chi connectivity index (χ3v) is 7.72. The number of hydrogen-bond donors (Lipinski definition) is 2. The van der Waals surface area contributed by atoms with Crippen molar-refractivity contribution in [3.05, 3.63) is 64.8 Å². The molecule has 33 heavy (non-hydrogen) atoms. The first kappa shape index (κ1) is 22.0. The van der Waals surface area contributed by atoms with Crippen molar-refractivity contribution in [1.82, 2.24) is 9.88 Å². The second-order valence-corrected chi connectivity index (χ2v) is 10.3. The van der Waals surface area contributed by atoms with Gasteiger partial charge in [-0.05, 0) is 86.9 Å². The summed E-state index contributed by atoms with van der Waals surface area (Å²) in [4.78, 5) is 17.2. The highest BCUT2D eigenvalue weighted by atomic mass is 19.1. The van der Waals surface area contributed by atoms with E-state index in [4.69, 9.17) is 4.74 Å². The molecule has 174 valence electrons. The Labute approximate surface area is 193 Å². The summed E-state index contributed by atoms with van der Waals surface area (Å²) >= 11 is 0. The minimum Gasteiger partial charge on any atom is -0.496 e. The summed E-state index contributed by atoms with van der Waals surface area (Å²) < 4.78 is 20.3. The van der Waals surface area contributed by atoms with E-state index < -0.39 is 11.6 Å². The van der Waals surface area contributed by atoms with Crippen molar-refractivity contribution in [2.24, 2.45) is 5.41 Å². The number of alkyl halides is 1. The van der Waals surface area contributed by atoms with Crippen LogP contribution >= 0.6 is 0 Å². The van der Waals surface area contributed by atoms with Gasteiger partial charge in [-0.3, -0.25) is 4.90 Å². The van der Waals surface area contributed by atoms with Gasteiger partial charge in [0.2, 0.25) is 0 Å². The molecule has 2 fully saturated rings. The maximum absolute atomic E-state index is 14.5. The number of hydrogen-bond acceptors (Lipinski definition) is 3. The Kier molecular flexibility index (Phi) is 5.24. The monoisotopic (exact) mass is 450 g/mol. The quantitative estimate of drug-likeness (QED) is 0.498. The molecule has 6 heteroatoms. The summed E-state index contributed by atoms with van der Waals surface area (Å²) in [5.41, 5.74) is 3.73. The molecule has 0 radical (unpaired) electrons. The zero-order valence-corrected chi connectivity index (χ0v) is 19.5. The van der Waals surface area contributed by atoms with E-state index in [0.29, 0.717) is 19.4 Å². The molecule has 1 spiro atoms. The standard InChI is InChI=1S/C27H31FN2O3/c1-17-12-23(33-3)21(20-8-10-29-24(17)20)14-30-11-9-27(15-26(2,28)16-27)13-22(30)18-4-6-19(7-5-18)25(31)32/h4-8,10,12,22,29H,9,11,13-16H2,1-3H3,(H,31,32)/t22-,26?,27?/m0/s1. The SMILES string of the molecule is COc1cc(C)c2[nH]ccc2c1CN1CCC2(C[C@H]1c1ccc(C(=O)O)cc1)CC(C)(F)C2. The van der Waals surface area contributed by atoms with Gasteiger partial charge in [-0.25, -0.2) is 9.18 Å². The van der Waals surface area contributed by atoms with Crippen LogP contribution in [0.3, 0.4) is 0 Å². The first-order chi connectivity index (χ1) is 15.7. The van der Waals surface area contributed by atoms with Crippen LogP contribution in [0.1, 0.15) is 65.7 Å². The summed E-state index contributed by atoms with van der Waals surface area (Å²) in [6.07, 6.45) is 5.02. The molecule has 2 heterocycles. The molecule has 2 N–H and O–H groups in total. The number of likely N-dealkylation sites (tertiary alicyclic amines) is 1. The van der Waals surface area contributed by atoms with Crippen molar-refractivity contribution >= 4 is 16.9 Å². The predicted molar refractivity (Wildman–Crippen MR) is 127 cm³/mol. The van der Waals surface area contributed by atoms with Crippen LogP contribution in [0.15, 0.2) is 42.6 Å². The Morgan fingerprint density at radius 2 is 2.00 bits per heavy atom. The number of aromatic carboxylic acids is 1. The summed E-state index contributed by atoms with van der Waals surface area (Å²) in [6.45, 7) is 5.37. The van der Waals surface area contributed by atoms with Gasteiger partial charge in [-0.1, -0.05) is 12.1 Å². The Bertz CT molecular complexity index is 1190. The number of aromatic nitrogens is 1. The van der Waals surface area contributed by atoms with Gasteiger partial charge in [0.15, 0.2) is 0 Å². The molecule has 1 saturated carbocycles. The first-order valence-electron chi connectivity index (χ1n) is 11.6. The van der Waals surface area contributed by atoms with Crippen LogP contribution < -0.4 is 4.74 Å². The Morgan fingerprint density at radius 3 is 2.64 bits per heavy atom.